The molecule has 0 amide bonds. The van der Waals surface area contributed by atoms with Crippen molar-refractivity contribution in [1.29, 1.82) is 0 Å². The number of nitrogens with zero attached hydrogens (tertiary/aromatic N) is 3. The van der Waals surface area contributed by atoms with Gasteiger partial charge in [0.2, 0.25) is 0 Å². The minimum absolute atomic E-state index is 0.560. The van der Waals surface area contributed by atoms with Gasteiger partial charge in [0.15, 0.2) is 0 Å². The van der Waals surface area contributed by atoms with Crippen LogP contribution in [0.1, 0.15) is 45.4 Å². The fourth-order valence-electron chi connectivity index (χ4n) is 3.01. The Morgan fingerprint density at radius 2 is 1.84 bits per heavy atom. The van der Waals surface area contributed by atoms with Gasteiger partial charge in [0, 0.05) is 26.2 Å². The summed E-state index contributed by atoms with van der Waals surface area (Å²) >= 11 is 0. The Kier molecular flexibility index (Phi) is 4.27. The molecule has 0 aliphatic carbocycles. The maximum atomic E-state index is 4.58. The van der Waals surface area contributed by atoms with Crippen LogP contribution in [0.3, 0.4) is 0 Å². The predicted molar refractivity (Wildman–Crippen MR) is 80.8 cm³/mol. The molecule has 1 N–H and O–H groups in total. The van der Waals surface area contributed by atoms with Crippen molar-refractivity contribution in [2.45, 2.75) is 46.5 Å². The molecule has 1 aromatic rings. The van der Waals surface area contributed by atoms with E-state index in [-0.39, 0.29) is 0 Å². The van der Waals surface area contributed by atoms with Crippen LogP contribution in [-0.4, -0.2) is 30.1 Å². The van der Waals surface area contributed by atoms with Gasteiger partial charge < -0.3 is 10.2 Å². The molecule has 1 fully saturated rings. The molecule has 0 aromatic carbocycles. The molecular formula is C15H26N4. The monoisotopic (exact) mass is 262 g/mol. The van der Waals surface area contributed by atoms with Gasteiger partial charge in [-0.3, -0.25) is 0 Å². The summed E-state index contributed by atoms with van der Waals surface area (Å²) in [6, 6.07) is 2.05. The number of rotatable bonds is 4. The van der Waals surface area contributed by atoms with E-state index < -0.39 is 0 Å². The van der Waals surface area contributed by atoms with Crippen molar-refractivity contribution in [3.63, 3.8) is 0 Å². The Balaban J connectivity index is 2.11. The Bertz CT molecular complexity index is 416. The third kappa shape index (κ3) is 2.99. The average molecular weight is 262 g/mol. The molecule has 0 bridgehead atoms. The highest BCUT2D eigenvalue weighted by atomic mass is 15.2. The van der Waals surface area contributed by atoms with E-state index in [1.165, 1.54) is 25.7 Å². The summed E-state index contributed by atoms with van der Waals surface area (Å²) in [5, 5.41) is 3.11. The molecule has 1 aliphatic rings. The van der Waals surface area contributed by atoms with Crippen LogP contribution in [0.25, 0.3) is 0 Å². The molecule has 2 rings (SSSR count). The van der Waals surface area contributed by atoms with E-state index in [9.17, 15) is 0 Å². The summed E-state index contributed by atoms with van der Waals surface area (Å²) in [7, 11) is 1.90. The van der Waals surface area contributed by atoms with Crippen LogP contribution in [-0.2, 0) is 0 Å². The molecule has 0 atom stereocenters. The fourth-order valence-corrected chi connectivity index (χ4v) is 3.01. The topological polar surface area (TPSA) is 41.0 Å². The normalized spacial score (nSPS) is 18.4. The lowest BCUT2D eigenvalue weighted by molar-refractivity contribution is 0.199. The summed E-state index contributed by atoms with van der Waals surface area (Å²) in [4.78, 5) is 11.3. The third-order valence-corrected chi connectivity index (χ3v) is 4.73. The standard InChI is InChI=1S/C15H26N4/c1-5-15(6-2)7-9-19(10-8-15)14-11-13(16-4)17-12(3)18-14/h11H,5-10H2,1-4H3,(H,16,17,18). The zero-order valence-electron chi connectivity index (χ0n) is 12.7. The van der Waals surface area contributed by atoms with E-state index in [0.717, 1.165) is 30.5 Å². The zero-order chi connectivity index (χ0) is 13.9. The number of hydrogen-bond donors (Lipinski definition) is 1. The van der Waals surface area contributed by atoms with Crippen LogP contribution < -0.4 is 10.2 Å². The van der Waals surface area contributed by atoms with E-state index in [1.54, 1.807) is 0 Å². The number of nitrogens with one attached hydrogen (secondary N) is 1. The van der Waals surface area contributed by atoms with E-state index in [2.05, 4.69) is 40.1 Å². The lowest BCUT2D eigenvalue weighted by Crippen LogP contribution is -2.40. The lowest BCUT2D eigenvalue weighted by Gasteiger charge is -2.41. The highest BCUT2D eigenvalue weighted by Gasteiger charge is 2.31. The van der Waals surface area contributed by atoms with E-state index in [1.807, 2.05) is 14.0 Å². The van der Waals surface area contributed by atoms with Crippen molar-refractivity contribution in [1.82, 2.24) is 9.97 Å². The minimum Gasteiger partial charge on any atom is -0.373 e. The largest absolute Gasteiger partial charge is 0.373 e. The Morgan fingerprint density at radius 3 is 2.37 bits per heavy atom. The molecule has 0 unspecified atom stereocenters. The minimum atomic E-state index is 0.560. The molecule has 1 aliphatic heterocycles. The smallest absolute Gasteiger partial charge is 0.134 e. The second kappa shape index (κ2) is 5.76. The molecular weight excluding hydrogens is 236 g/mol. The lowest BCUT2D eigenvalue weighted by atomic mass is 9.74. The fraction of sp³-hybridized carbons (Fsp3) is 0.733. The van der Waals surface area contributed by atoms with Crippen molar-refractivity contribution in [2.75, 3.05) is 30.4 Å². The van der Waals surface area contributed by atoms with Gasteiger partial charge in [-0.15, -0.1) is 0 Å². The van der Waals surface area contributed by atoms with Gasteiger partial charge in [0.05, 0.1) is 0 Å². The van der Waals surface area contributed by atoms with Crippen LogP contribution >= 0.6 is 0 Å². The van der Waals surface area contributed by atoms with Crippen LogP contribution in [0.5, 0.6) is 0 Å². The van der Waals surface area contributed by atoms with Gasteiger partial charge in [-0.25, -0.2) is 9.97 Å². The summed E-state index contributed by atoms with van der Waals surface area (Å²) < 4.78 is 0. The highest BCUT2D eigenvalue weighted by Crippen LogP contribution is 2.38. The molecule has 0 radical (unpaired) electrons. The SMILES string of the molecule is CCC1(CC)CCN(c2cc(NC)nc(C)n2)CC1. The van der Waals surface area contributed by atoms with Gasteiger partial charge in [-0.05, 0) is 25.2 Å². The van der Waals surface area contributed by atoms with Crippen LogP contribution in [0.4, 0.5) is 11.6 Å². The van der Waals surface area contributed by atoms with E-state index in [0.29, 0.717) is 5.41 Å². The summed E-state index contributed by atoms with van der Waals surface area (Å²) in [5.41, 5.74) is 0.560. The van der Waals surface area contributed by atoms with Crippen molar-refractivity contribution < 1.29 is 0 Å². The Morgan fingerprint density at radius 1 is 1.21 bits per heavy atom. The molecule has 0 saturated carbocycles. The predicted octanol–water partition coefficient (Wildman–Crippen LogP) is 3.23. The maximum absolute atomic E-state index is 4.58. The van der Waals surface area contributed by atoms with Gasteiger partial charge in [0.25, 0.3) is 0 Å². The second-order valence-electron chi connectivity index (χ2n) is 5.60. The molecule has 1 aromatic heterocycles. The summed E-state index contributed by atoms with van der Waals surface area (Å²) in [6.45, 7) is 8.83. The van der Waals surface area contributed by atoms with Crippen LogP contribution in [0.2, 0.25) is 0 Å². The maximum Gasteiger partial charge on any atom is 0.134 e. The summed E-state index contributed by atoms with van der Waals surface area (Å²) in [6.07, 6.45) is 5.14. The average Bonchev–Trinajstić information content (AvgIpc) is 2.46. The first-order valence-corrected chi connectivity index (χ1v) is 7.41. The Hall–Kier alpha value is -1.32. The van der Waals surface area contributed by atoms with Crippen LogP contribution in [0, 0.1) is 12.3 Å². The van der Waals surface area contributed by atoms with Crippen molar-refractivity contribution in [3.8, 4) is 0 Å². The third-order valence-electron chi connectivity index (χ3n) is 4.73. The molecule has 106 valence electrons. The number of piperidine rings is 1. The van der Waals surface area contributed by atoms with Crippen molar-refractivity contribution in [3.05, 3.63) is 11.9 Å². The molecule has 19 heavy (non-hydrogen) atoms. The zero-order valence-corrected chi connectivity index (χ0v) is 12.7. The van der Waals surface area contributed by atoms with Gasteiger partial charge in [-0.1, -0.05) is 26.7 Å². The second-order valence-corrected chi connectivity index (χ2v) is 5.60. The number of hydrogen-bond acceptors (Lipinski definition) is 4. The van der Waals surface area contributed by atoms with Crippen molar-refractivity contribution in [2.24, 2.45) is 5.41 Å². The Labute approximate surface area is 116 Å². The van der Waals surface area contributed by atoms with E-state index >= 15 is 0 Å². The number of aryl methyl sites for hydroxylation is 1. The first-order valence-electron chi connectivity index (χ1n) is 7.41. The first kappa shape index (κ1) is 14.1. The molecule has 1 saturated heterocycles. The summed E-state index contributed by atoms with van der Waals surface area (Å²) in [5.74, 6) is 2.81. The number of aromatic nitrogens is 2. The first-order chi connectivity index (χ1) is 9.12. The molecule has 0 spiro atoms. The van der Waals surface area contributed by atoms with Gasteiger partial charge >= 0.3 is 0 Å². The van der Waals surface area contributed by atoms with Gasteiger partial charge in [0.1, 0.15) is 17.5 Å². The van der Waals surface area contributed by atoms with Crippen molar-refractivity contribution >= 4 is 11.6 Å². The van der Waals surface area contributed by atoms with Crippen LogP contribution in [0.15, 0.2) is 6.07 Å². The van der Waals surface area contributed by atoms with Gasteiger partial charge in [-0.2, -0.15) is 0 Å². The molecule has 4 heteroatoms. The molecule has 2 heterocycles. The molecule has 4 nitrogen and oxygen atoms in total. The van der Waals surface area contributed by atoms with E-state index in [4.69, 9.17) is 0 Å². The highest BCUT2D eigenvalue weighted by molar-refractivity contribution is 5.49. The number of anilines is 2. The quantitative estimate of drug-likeness (QED) is 0.904.